The molecule has 5 nitrogen and oxygen atoms in total. The zero-order chi connectivity index (χ0) is 13.9. The second kappa shape index (κ2) is 9.49. The maximum Gasteiger partial charge on any atom is 0.315 e. The molecule has 1 rings (SSSR count). The lowest BCUT2D eigenvalue weighted by Crippen LogP contribution is -2.35. The van der Waals surface area contributed by atoms with Crippen LogP contribution in [0.1, 0.15) is 45.4 Å². The monoisotopic (exact) mass is 283 g/mol. The molecule has 0 aliphatic carbocycles. The van der Waals surface area contributed by atoms with Gasteiger partial charge in [-0.2, -0.15) is 0 Å². The summed E-state index contributed by atoms with van der Waals surface area (Å²) in [6.45, 7) is 2.73. The molecule has 19 heavy (non-hydrogen) atoms. The molecule has 2 amide bonds. The molecule has 0 bridgehead atoms. The zero-order valence-corrected chi connectivity index (χ0v) is 12.1. The average Bonchev–Trinajstić information content (AvgIpc) is 2.90. The van der Waals surface area contributed by atoms with Crippen LogP contribution in [0.4, 0.5) is 5.13 Å². The summed E-state index contributed by atoms with van der Waals surface area (Å²) in [6.07, 6.45) is 8.52. The van der Waals surface area contributed by atoms with E-state index in [1.54, 1.807) is 11.6 Å². The van der Waals surface area contributed by atoms with E-state index in [0.717, 1.165) is 12.8 Å². The molecule has 6 heteroatoms. The summed E-state index contributed by atoms with van der Waals surface area (Å²) in [4.78, 5) is 26.8. The molecule has 2 N–H and O–H groups in total. The SMILES string of the molecule is CCCCCCCCNC(=O)C(=O)Nc1nccs1. The number of anilines is 1. The third-order valence-electron chi connectivity index (χ3n) is 2.67. The average molecular weight is 283 g/mol. The highest BCUT2D eigenvalue weighted by Gasteiger charge is 2.13. The van der Waals surface area contributed by atoms with Crippen molar-refractivity contribution in [2.24, 2.45) is 0 Å². The summed E-state index contributed by atoms with van der Waals surface area (Å²) in [5.41, 5.74) is 0. The minimum absolute atomic E-state index is 0.444. The molecular formula is C13H21N3O2S. The fraction of sp³-hybridized carbons (Fsp3) is 0.615. The molecule has 0 aliphatic rings. The molecular weight excluding hydrogens is 262 g/mol. The van der Waals surface area contributed by atoms with E-state index in [1.165, 1.54) is 37.0 Å². The first-order chi connectivity index (χ1) is 9.24. The fourth-order valence-electron chi connectivity index (χ4n) is 1.63. The van der Waals surface area contributed by atoms with Crippen LogP contribution in [-0.2, 0) is 9.59 Å². The quantitative estimate of drug-likeness (QED) is 0.569. The van der Waals surface area contributed by atoms with Crippen molar-refractivity contribution in [2.75, 3.05) is 11.9 Å². The minimum Gasteiger partial charge on any atom is -0.348 e. The molecule has 0 atom stereocenters. The number of rotatable bonds is 8. The van der Waals surface area contributed by atoms with Gasteiger partial charge < -0.3 is 5.32 Å². The van der Waals surface area contributed by atoms with E-state index in [0.29, 0.717) is 11.7 Å². The van der Waals surface area contributed by atoms with Gasteiger partial charge in [0.1, 0.15) is 0 Å². The van der Waals surface area contributed by atoms with Crippen molar-refractivity contribution in [3.63, 3.8) is 0 Å². The summed E-state index contributed by atoms with van der Waals surface area (Å²) in [5, 5.41) is 7.24. The van der Waals surface area contributed by atoms with Crippen LogP contribution >= 0.6 is 11.3 Å². The van der Waals surface area contributed by atoms with Crippen molar-refractivity contribution in [2.45, 2.75) is 45.4 Å². The predicted octanol–water partition coefficient (Wildman–Crippen LogP) is 2.56. The molecule has 0 aliphatic heterocycles. The van der Waals surface area contributed by atoms with Gasteiger partial charge in [-0.3, -0.25) is 14.9 Å². The summed E-state index contributed by atoms with van der Waals surface area (Å²) < 4.78 is 0. The van der Waals surface area contributed by atoms with E-state index in [2.05, 4.69) is 22.5 Å². The Labute approximate surface area is 117 Å². The highest BCUT2D eigenvalue weighted by atomic mass is 32.1. The van der Waals surface area contributed by atoms with Crippen molar-refractivity contribution >= 4 is 28.3 Å². The van der Waals surface area contributed by atoms with Gasteiger partial charge in [0, 0.05) is 18.1 Å². The first-order valence-electron chi connectivity index (χ1n) is 6.72. The van der Waals surface area contributed by atoms with Crippen molar-refractivity contribution < 1.29 is 9.59 Å². The topological polar surface area (TPSA) is 71.1 Å². The number of amides is 2. The number of thiazole rings is 1. The van der Waals surface area contributed by atoms with Crippen molar-refractivity contribution in [1.29, 1.82) is 0 Å². The minimum atomic E-state index is -0.652. The smallest absolute Gasteiger partial charge is 0.315 e. The normalized spacial score (nSPS) is 10.2. The van der Waals surface area contributed by atoms with Crippen LogP contribution < -0.4 is 10.6 Å². The molecule has 0 spiro atoms. The van der Waals surface area contributed by atoms with Gasteiger partial charge in [0.15, 0.2) is 5.13 Å². The zero-order valence-electron chi connectivity index (χ0n) is 11.3. The van der Waals surface area contributed by atoms with Crippen molar-refractivity contribution in [3.8, 4) is 0 Å². The maximum atomic E-state index is 11.5. The molecule has 106 valence electrons. The molecule has 0 fully saturated rings. The summed E-state index contributed by atoms with van der Waals surface area (Å²) in [6, 6.07) is 0. The second-order valence-electron chi connectivity index (χ2n) is 4.32. The van der Waals surface area contributed by atoms with Crippen LogP contribution in [0.3, 0.4) is 0 Å². The largest absolute Gasteiger partial charge is 0.348 e. The van der Waals surface area contributed by atoms with Gasteiger partial charge in [-0.15, -0.1) is 11.3 Å². The Morgan fingerprint density at radius 2 is 1.89 bits per heavy atom. The Hall–Kier alpha value is -1.43. The van der Waals surface area contributed by atoms with Crippen LogP contribution in [0, 0.1) is 0 Å². The van der Waals surface area contributed by atoms with E-state index in [4.69, 9.17) is 0 Å². The molecule has 1 heterocycles. The summed E-state index contributed by atoms with van der Waals surface area (Å²) in [5.74, 6) is -1.25. The number of aromatic nitrogens is 1. The molecule has 0 saturated carbocycles. The second-order valence-corrected chi connectivity index (χ2v) is 5.21. The van der Waals surface area contributed by atoms with E-state index in [-0.39, 0.29) is 0 Å². The Morgan fingerprint density at radius 1 is 1.16 bits per heavy atom. The fourth-order valence-corrected chi connectivity index (χ4v) is 2.15. The first-order valence-corrected chi connectivity index (χ1v) is 7.60. The van der Waals surface area contributed by atoms with Gasteiger partial charge in [0.25, 0.3) is 0 Å². The molecule has 0 radical (unpaired) electrons. The Bertz CT molecular complexity index is 379. The van der Waals surface area contributed by atoms with E-state index in [1.807, 2.05) is 0 Å². The third-order valence-corrected chi connectivity index (χ3v) is 3.36. The van der Waals surface area contributed by atoms with Crippen molar-refractivity contribution in [3.05, 3.63) is 11.6 Å². The highest BCUT2D eigenvalue weighted by Crippen LogP contribution is 2.09. The van der Waals surface area contributed by atoms with Crippen LogP contribution in [-0.4, -0.2) is 23.3 Å². The maximum absolute atomic E-state index is 11.5. The molecule has 1 aromatic rings. The lowest BCUT2D eigenvalue weighted by atomic mass is 10.1. The predicted molar refractivity (Wildman–Crippen MR) is 77.1 cm³/mol. The number of hydrogen-bond donors (Lipinski definition) is 2. The molecule has 0 aromatic carbocycles. The molecule has 0 unspecified atom stereocenters. The third kappa shape index (κ3) is 6.91. The lowest BCUT2D eigenvalue weighted by Gasteiger charge is -2.04. The highest BCUT2D eigenvalue weighted by molar-refractivity contribution is 7.13. The van der Waals surface area contributed by atoms with E-state index in [9.17, 15) is 9.59 Å². The molecule has 0 saturated heterocycles. The number of nitrogens with one attached hydrogen (secondary N) is 2. The standard InChI is InChI=1S/C13H21N3O2S/c1-2-3-4-5-6-7-8-14-11(17)12(18)16-13-15-9-10-19-13/h9-10H,2-8H2,1H3,(H,14,17)(H,15,16,18). The number of nitrogens with zero attached hydrogens (tertiary/aromatic N) is 1. The van der Waals surface area contributed by atoms with Crippen LogP contribution in [0.5, 0.6) is 0 Å². The molecule has 1 aromatic heterocycles. The van der Waals surface area contributed by atoms with Gasteiger partial charge in [-0.1, -0.05) is 39.0 Å². The Kier molecular flexibility index (Phi) is 7.81. The lowest BCUT2D eigenvalue weighted by molar-refractivity contribution is -0.136. The summed E-state index contributed by atoms with van der Waals surface area (Å²) >= 11 is 1.29. The van der Waals surface area contributed by atoms with Crippen LogP contribution in [0.15, 0.2) is 11.6 Å². The Balaban J connectivity index is 2.05. The number of carbonyl (C=O) groups is 2. The number of carbonyl (C=O) groups excluding carboxylic acids is 2. The van der Waals surface area contributed by atoms with Gasteiger partial charge >= 0.3 is 11.8 Å². The van der Waals surface area contributed by atoms with Gasteiger partial charge in [-0.05, 0) is 6.42 Å². The van der Waals surface area contributed by atoms with Crippen molar-refractivity contribution in [1.82, 2.24) is 10.3 Å². The van der Waals surface area contributed by atoms with Gasteiger partial charge in [0.05, 0.1) is 0 Å². The first kappa shape index (κ1) is 15.6. The van der Waals surface area contributed by atoms with Gasteiger partial charge in [0.2, 0.25) is 0 Å². The van der Waals surface area contributed by atoms with Crippen LogP contribution in [0.25, 0.3) is 0 Å². The van der Waals surface area contributed by atoms with Gasteiger partial charge in [-0.25, -0.2) is 4.98 Å². The Morgan fingerprint density at radius 3 is 2.58 bits per heavy atom. The number of unbranched alkanes of at least 4 members (excludes halogenated alkanes) is 5. The van der Waals surface area contributed by atoms with E-state index < -0.39 is 11.8 Å². The summed E-state index contributed by atoms with van der Waals surface area (Å²) in [7, 11) is 0. The number of hydrogen-bond acceptors (Lipinski definition) is 4. The van der Waals surface area contributed by atoms with Crippen LogP contribution in [0.2, 0.25) is 0 Å². The van der Waals surface area contributed by atoms with E-state index >= 15 is 0 Å².